The number of nitro groups is 1. The zero-order chi connectivity index (χ0) is 18.8. The normalized spacial score (nSPS) is 20.8. The highest BCUT2D eigenvalue weighted by atomic mass is 35.5. The van der Waals surface area contributed by atoms with Crippen LogP contribution in [0.2, 0.25) is 0 Å². The predicted molar refractivity (Wildman–Crippen MR) is 111 cm³/mol. The van der Waals surface area contributed by atoms with E-state index in [9.17, 15) is 10.1 Å². The molecule has 3 heterocycles. The molecule has 1 unspecified atom stereocenters. The largest absolute Gasteiger partial charge is 0.314 e. The smallest absolute Gasteiger partial charge is 0.269 e. The van der Waals surface area contributed by atoms with Gasteiger partial charge in [0, 0.05) is 88.4 Å². The van der Waals surface area contributed by atoms with Crippen molar-refractivity contribution < 1.29 is 4.92 Å². The first-order valence-electron chi connectivity index (χ1n) is 9.54. The van der Waals surface area contributed by atoms with Gasteiger partial charge >= 0.3 is 0 Å². The lowest BCUT2D eigenvalue weighted by molar-refractivity contribution is -0.384. The van der Waals surface area contributed by atoms with E-state index in [1.54, 1.807) is 24.3 Å². The molecule has 9 heteroatoms. The van der Waals surface area contributed by atoms with Crippen molar-refractivity contribution in [3.05, 3.63) is 46.1 Å². The van der Waals surface area contributed by atoms with Crippen LogP contribution in [0.4, 0.5) is 5.69 Å². The summed E-state index contributed by atoms with van der Waals surface area (Å²) in [6.45, 7) is 7.51. The number of hydrogen-bond donors (Lipinski definition) is 1. The molecule has 4 rings (SSSR count). The average Bonchev–Trinajstić information content (AvgIpc) is 3.29. The molecule has 0 bridgehead atoms. The molecule has 0 spiro atoms. The summed E-state index contributed by atoms with van der Waals surface area (Å²) in [7, 11) is 1.92. The van der Waals surface area contributed by atoms with Crippen LogP contribution in [-0.4, -0.2) is 69.8 Å². The molecule has 2 aromatic rings. The van der Waals surface area contributed by atoms with E-state index in [1.165, 1.54) is 12.0 Å². The van der Waals surface area contributed by atoms with Crippen molar-refractivity contribution in [1.82, 2.24) is 24.9 Å². The van der Waals surface area contributed by atoms with Crippen LogP contribution in [0.1, 0.15) is 12.0 Å². The molecule has 1 aromatic heterocycles. The van der Waals surface area contributed by atoms with E-state index in [2.05, 4.69) is 26.4 Å². The minimum absolute atomic E-state index is 0. The molecule has 0 aliphatic carbocycles. The zero-order valence-electron chi connectivity index (χ0n) is 16.1. The van der Waals surface area contributed by atoms with Crippen molar-refractivity contribution in [2.24, 2.45) is 7.05 Å². The van der Waals surface area contributed by atoms with Gasteiger partial charge in [-0.25, -0.2) is 0 Å². The van der Waals surface area contributed by atoms with E-state index in [0.717, 1.165) is 57.1 Å². The van der Waals surface area contributed by atoms with Crippen molar-refractivity contribution in [1.29, 1.82) is 0 Å². The molecule has 1 aromatic carbocycles. The molecule has 0 amide bonds. The molecule has 152 valence electrons. The standard InChI is InChI=1S/C19H26N6O2.ClH/c1-22-12-16(19(21-22)15-2-4-17(5-3-15)25(26)27)13-23-9-6-18(14-23)24-10-7-20-8-11-24;/h2-5,12,18,20H,6-11,13-14H2,1H3;1H. The van der Waals surface area contributed by atoms with E-state index < -0.39 is 0 Å². The van der Waals surface area contributed by atoms with Gasteiger partial charge in [0.2, 0.25) is 0 Å². The Labute approximate surface area is 171 Å². The Morgan fingerprint density at radius 3 is 2.61 bits per heavy atom. The Morgan fingerprint density at radius 2 is 1.93 bits per heavy atom. The second-order valence-corrected chi connectivity index (χ2v) is 7.44. The molecule has 28 heavy (non-hydrogen) atoms. The van der Waals surface area contributed by atoms with Crippen LogP contribution in [0.25, 0.3) is 11.3 Å². The number of hydrogen-bond acceptors (Lipinski definition) is 6. The molecule has 2 fully saturated rings. The Bertz CT molecular complexity index is 803. The fraction of sp³-hybridized carbons (Fsp3) is 0.526. The van der Waals surface area contributed by atoms with E-state index in [1.807, 2.05) is 11.7 Å². The Kier molecular flexibility index (Phi) is 6.66. The predicted octanol–water partition coefficient (Wildman–Crippen LogP) is 1.90. The summed E-state index contributed by atoms with van der Waals surface area (Å²) in [5, 5.41) is 18.9. The molecule has 0 saturated carbocycles. The van der Waals surface area contributed by atoms with Crippen LogP contribution >= 0.6 is 12.4 Å². The third-order valence-electron chi connectivity index (χ3n) is 5.57. The number of nitrogens with zero attached hydrogens (tertiary/aromatic N) is 5. The number of nitro benzene ring substituents is 1. The van der Waals surface area contributed by atoms with Crippen LogP contribution in [0.3, 0.4) is 0 Å². The number of aryl methyl sites for hydroxylation is 1. The van der Waals surface area contributed by atoms with Gasteiger partial charge in [-0.05, 0) is 18.6 Å². The van der Waals surface area contributed by atoms with Crippen molar-refractivity contribution >= 4 is 18.1 Å². The summed E-state index contributed by atoms with van der Waals surface area (Å²) >= 11 is 0. The van der Waals surface area contributed by atoms with E-state index in [-0.39, 0.29) is 23.0 Å². The number of likely N-dealkylation sites (tertiary alicyclic amines) is 1. The zero-order valence-corrected chi connectivity index (χ0v) is 16.9. The molecule has 8 nitrogen and oxygen atoms in total. The number of halogens is 1. The average molecular weight is 407 g/mol. The van der Waals surface area contributed by atoms with Crippen LogP contribution in [0.5, 0.6) is 0 Å². The molecule has 2 aliphatic rings. The maximum atomic E-state index is 10.9. The minimum Gasteiger partial charge on any atom is -0.314 e. The molecular weight excluding hydrogens is 380 g/mol. The first-order chi connectivity index (χ1) is 13.1. The highest BCUT2D eigenvalue weighted by Crippen LogP contribution is 2.27. The van der Waals surface area contributed by atoms with E-state index in [4.69, 9.17) is 0 Å². The van der Waals surface area contributed by atoms with Crippen LogP contribution in [-0.2, 0) is 13.6 Å². The Morgan fingerprint density at radius 1 is 1.21 bits per heavy atom. The summed E-state index contributed by atoms with van der Waals surface area (Å²) < 4.78 is 1.83. The van der Waals surface area contributed by atoms with Gasteiger partial charge in [-0.15, -0.1) is 12.4 Å². The van der Waals surface area contributed by atoms with Crippen LogP contribution in [0.15, 0.2) is 30.5 Å². The van der Waals surface area contributed by atoms with E-state index >= 15 is 0 Å². The molecule has 1 atom stereocenters. The number of piperazine rings is 1. The monoisotopic (exact) mass is 406 g/mol. The Balaban J connectivity index is 0.00000225. The molecule has 0 radical (unpaired) electrons. The van der Waals surface area contributed by atoms with Gasteiger partial charge in [0.1, 0.15) is 0 Å². The van der Waals surface area contributed by atoms with Crippen molar-refractivity contribution in [3.8, 4) is 11.3 Å². The fourth-order valence-electron chi connectivity index (χ4n) is 4.18. The maximum absolute atomic E-state index is 10.9. The highest BCUT2D eigenvalue weighted by molar-refractivity contribution is 5.85. The Hall–Kier alpha value is -2.00. The van der Waals surface area contributed by atoms with Crippen molar-refractivity contribution in [2.45, 2.75) is 19.0 Å². The summed E-state index contributed by atoms with van der Waals surface area (Å²) in [4.78, 5) is 15.6. The van der Waals surface area contributed by atoms with Gasteiger partial charge < -0.3 is 5.32 Å². The molecule has 2 aliphatic heterocycles. The lowest BCUT2D eigenvalue weighted by Gasteiger charge is -2.32. The maximum Gasteiger partial charge on any atom is 0.269 e. The second-order valence-electron chi connectivity index (χ2n) is 7.44. The number of benzene rings is 1. The lowest BCUT2D eigenvalue weighted by Crippen LogP contribution is -2.49. The van der Waals surface area contributed by atoms with Gasteiger partial charge in [0.25, 0.3) is 5.69 Å². The number of aromatic nitrogens is 2. The highest BCUT2D eigenvalue weighted by Gasteiger charge is 2.29. The summed E-state index contributed by atoms with van der Waals surface area (Å²) in [5.41, 5.74) is 3.12. The fourth-order valence-corrected chi connectivity index (χ4v) is 4.18. The van der Waals surface area contributed by atoms with Crippen molar-refractivity contribution in [3.63, 3.8) is 0 Å². The van der Waals surface area contributed by atoms with Crippen LogP contribution < -0.4 is 5.32 Å². The number of non-ortho nitro benzene ring substituents is 1. The van der Waals surface area contributed by atoms with E-state index in [0.29, 0.717) is 6.04 Å². The third-order valence-corrected chi connectivity index (χ3v) is 5.57. The molecular formula is C19H27ClN6O2. The first-order valence-corrected chi connectivity index (χ1v) is 9.54. The van der Waals surface area contributed by atoms with Gasteiger partial charge in [0.05, 0.1) is 10.6 Å². The topological polar surface area (TPSA) is 79.5 Å². The summed E-state index contributed by atoms with van der Waals surface area (Å²) in [6, 6.07) is 7.31. The summed E-state index contributed by atoms with van der Waals surface area (Å²) in [5.74, 6) is 0. The van der Waals surface area contributed by atoms with Crippen LogP contribution in [0, 0.1) is 10.1 Å². The van der Waals surface area contributed by atoms with Gasteiger partial charge in [-0.2, -0.15) is 5.10 Å². The quantitative estimate of drug-likeness (QED) is 0.603. The van der Waals surface area contributed by atoms with Crippen molar-refractivity contribution in [2.75, 3.05) is 39.3 Å². The van der Waals surface area contributed by atoms with Gasteiger partial charge in [-0.3, -0.25) is 24.6 Å². The van der Waals surface area contributed by atoms with Gasteiger partial charge in [0.15, 0.2) is 0 Å². The lowest BCUT2D eigenvalue weighted by atomic mass is 10.1. The number of nitrogens with one attached hydrogen (secondary N) is 1. The summed E-state index contributed by atoms with van der Waals surface area (Å²) in [6.07, 6.45) is 3.28. The number of rotatable bonds is 5. The van der Waals surface area contributed by atoms with Gasteiger partial charge in [-0.1, -0.05) is 0 Å². The second kappa shape index (κ2) is 9.00. The third kappa shape index (κ3) is 4.52. The molecule has 1 N–H and O–H groups in total. The minimum atomic E-state index is -0.371. The molecule has 2 saturated heterocycles. The SMILES string of the molecule is Cl.Cn1cc(CN2CCC(N3CCNCC3)C2)c(-c2ccc([N+](=O)[O-])cc2)n1. The first kappa shape index (κ1) is 20.7.